The second kappa shape index (κ2) is 18.0. The minimum Gasteiger partial charge on any atom is -0.505 e. The van der Waals surface area contributed by atoms with E-state index in [1.807, 2.05) is 13.8 Å². The van der Waals surface area contributed by atoms with Crippen molar-refractivity contribution in [1.29, 1.82) is 0 Å². The van der Waals surface area contributed by atoms with Gasteiger partial charge < -0.3 is 20.8 Å². The van der Waals surface area contributed by atoms with Gasteiger partial charge in [-0.2, -0.15) is 0 Å². The van der Waals surface area contributed by atoms with Crippen molar-refractivity contribution >= 4 is 125 Å². The van der Waals surface area contributed by atoms with E-state index < -0.39 is 23.3 Å². The van der Waals surface area contributed by atoms with Crippen molar-refractivity contribution in [3.8, 4) is 11.5 Å². The normalized spacial score (nSPS) is 11.2. The number of nitrogens with zero attached hydrogens (tertiary/aromatic N) is 4. The average Bonchev–Trinajstić information content (AvgIpc) is 3.20. The second-order valence-corrected chi connectivity index (χ2v) is 14.0. The highest BCUT2D eigenvalue weighted by Gasteiger charge is 2.22. The third kappa shape index (κ3) is 9.12. The van der Waals surface area contributed by atoms with E-state index in [2.05, 4.69) is 31.1 Å². The number of hydrogen-bond acceptors (Lipinski definition) is 8. The molecular formula is C42H29Cl5N6O4. The van der Waals surface area contributed by atoms with Crippen LogP contribution in [0.4, 0.5) is 34.1 Å². The van der Waals surface area contributed by atoms with Crippen LogP contribution in [-0.2, 0) is 0 Å². The summed E-state index contributed by atoms with van der Waals surface area (Å²) in [5, 5.41) is 48.6. The van der Waals surface area contributed by atoms with Gasteiger partial charge in [0.05, 0.1) is 31.9 Å². The van der Waals surface area contributed by atoms with E-state index >= 15 is 0 Å². The molecule has 286 valence electrons. The Kier molecular flexibility index (Phi) is 12.9. The number of carbonyl (C=O) groups is 2. The van der Waals surface area contributed by atoms with Gasteiger partial charge in [0.1, 0.15) is 22.7 Å². The van der Waals surface area contributed by atoms with Crippen LogP contribution >= 0.6 is 58.0 Å². The van der Waals surface area contributed by atoms with E-state index in [1.165, 1.54) is 42.5 Å². The number of phenolic OH excluding ortho intramolecular Hbond substituents is 2. The van der Waals surface area contributed by atoms with Gasteiger partial charge in [-0.1, -0.05) is 120 Å². The number of azo groups is 2. The quantitative estimate of drug-likeness (QED) is 0.113. The molecule has 10 nitrogen and oxygen atoms in total. The van der Waals surface area contributed by atoms with E-state index in [1.54, 1.807) is 72.8 Å². The molecule has 57 heavy (non-hydrogen) atoms. The molecule has 0 atom stereocenters. The second-order valence-electron chi connectivity index (χ2n) is 11.9. The number of halogens is 5. The largest absolute Gasteiger partial charge is 0.505 e. The zero-order chi connectivity index (χ0) is 40.8. The van der Waals surface area contributed by atoms with Crippen LogP contribution in [0.5, 0.6) is 11.5 Å². The summed E-state index contributed by atoms with van der Waals surface area (Å²) in [6.07, 6.45) is 0. The third-order valence-corrected chi connectivity index (χ3v) is 9.71. The summed E-state index contributed by atoms with van der Waals surface area (Å²) < 4.78 is 0. The number of amides is 2. The van der Waals surface area contributed by atoms with Crippen molar-refractivity contribution in [2.75, 3.05) is 10.6 Å². The molecule has 0 bridgehead atoms. The molecule has 0 fully saturated rings. The predicted octanol–water partition coefficient (Wildman–Crippen LogP) is 15.0. The fourth-order valence-corrected chi connectivity index (χ4v) is 6.47. The van der Waals surface area contributed by atoms with Gasteiger partial charge in [-0.15, -0.1) is 20.5 Å². The van der Waals surface area contributed by atoms with Crippen LogP contribution in [0.1, 0.15) is 34.6 Å². The number of carbonyl (C=O) groups excluding carboxylic acids is 2. The first kappa shape index (κ1) is 40.9. The summed E-state index contributed by atoms with van der Waals surface area (Å²) >= 11 is 31.3. The molecule has 0 aliphatic rings. The summed E-state index contributed by atoms with van der Waals surface area (Å²) in [7, 11) is 0. The van der Waals surface area contributed by atoms with Gasteiger partial charge in [0.15, 0.2) is 11.5 Å². The summed E-state index contributed by atoms with van der Waals surface area (Å²) in [5.74, 6) is -2.21. The van der Waals surface area contributed by atoms with E-state index in [0.717, 1.165) is 0 Å². The standard InChI is InChI=1S/C40H23Cl5N6O4.C2H6/c41-22-9-12-29(43)33(17-22)48-50-35-25-7-3-1-5-20(25)15-27(37(35)52)39(54)46-24-11-14-32(31(45)19-24)47-40(55)28-16-21-6-2-4-8-26(21)36(38(28)53)51-49-34-18-23(42)10-13-30(34)44;1-2/h1-19,52-53H,(H,46,54)(H,47,55);1-2H3. The highest BCUT2D eigenvalue weighted by Crippen LogP contribution is 2.42. The maximum atomic E-state index is 13.6. The molecule has 0 aromatic heterocycles. The van der Waals surface area contributed by atoms with Crippen molar-refractivity contribution < 1.29 is 19.8 Å². The Bertz CT molecular complexity index is 2760. The summed E-state index contributed by atoms with van der Waals surface area (Å²) in [4.78, 5) is 27.2. The maximum absolute atomic E-state index is 13.6. The zero-order valence-corrected chi connectivity index (χ0v) is 33.6. The first-order chi connectivity index (χ1) is 27.5. The smallest absolute Gasteiger partial charge is 0.259 e. The first-order valence-corrected chi connectivity index (χ1v) is 19.0. The van der Waals surface area contributed by atoms with Gasteiger partial charge in [-0.05, 0) is 77.5 Å². The fourth-order valence-electron chi connectivity index (χ4n) is 5.60. The van der Waals surface area contributed by atoms with Gasteiger partial charge in [-0.25, -0.2) is 0 Å². The number of anilines is 2. The van der Waals surface area contributed by atoms with Crippen molar-refractivity contribution in [3.63, 3.8) is 0 Å². The molecule has 0 radical (unpaired) electrons. The molecule has 15 heteroatoms. The molecular weight excluding hydrogens is 830 g/mol. The molecule has 0 spiro atoms. The number of fused-ring (bicyclic) bond motifs is 2. The van der Waals surface area contributed by atoms with Gasteiger partial charge in [0.2, 0.25) is 0 Å². The van der Waals surface area contributed by atoms with E-state index in [-0.39, 0.29) is 50.3 Å². The Morgan fingerprint density at radius 3 is 1.44 bits per heavy atom. The van der Waals surface area contributed by atoms with Crippen molar-refractivity contribution in [1.82, 2.24) is 0 Å². The fraction of sp³-hybridized carbons (Fsp3) is 0.0476. The summed E-state index contributed by atoms with van der Waals surface area (Å²) in [5.41, 5.74) is 0.880. The topological polar surface area (TPSA) is 148 Å². The lowest BCUT2D eigenvalue weighted by Gasteiger charge is -2.14. The first-order valence-electron chi connectivity index (χ1n) is 17.1. The number of aromatic hydroxyl groups is 2. The van der Waals surface area contributed by atoms with Gasteiger partial charge in [0.25, 0.3) is 11.8 Å². The zero-order valence-electron chi connectivity index (χ0n) is 29.9. The minimum atomic E-state index is -0.694. The van der Waals surface area contributed by atoms with Crippen molar-refractivity contribution in [2.24, 2.45) is 20.5 Å². The molecule has 4 N–H and O–H groups in total. The maximum Gasteiger partial charge on any atom is 0.259 e. The Morgan fingerprint density at radius 2 is 0.965 bits per heavy atom. The lowest BCUT2D eigenvalue weighted by Crippen LogP contribution is -2.14. The highest BCUT2D eigenvalue weighted by atomic mass is 35.5. The van der Waals surface area contributed by atoms with Crippen LogP contribution < -0.4 is 10.6 Å². The molecule has 0 saturated heterocycles. The predicted molar refractivity (Wildman–Crippen MR) is 231 cm³/mol. The Labute approximate surface area is 351 Å². The number of rotatable bonds is 8. The molecule has 7 aromatic carbocycles. The molecule has 0 unspecified atom stereocenters. The van der Waals surface area contributed by atoms with Crippen LogP contribution in [0.3, 0.4) is 0 Å². The average molecular weight is 859 g/mol. The van der Waals surface area contributed by atoms with Gasteiger partial charge >= 0.3 is 0 Å². The summed E-state index contributed by atoms with van der Waals surface area (Å²) in [6.45, 7) is 4.00. The molecule has 2 amide bonds. The van der Waals surface area contributed by atoms with E-state index in [4.69, 9.17) is 58.0 Å². The molecule has 0 saturated carbocycles. The van der Waals surface area contributed by atoms with E-state index in [0.29, 0.717) is 41.6 Å². The van der Waals surface area contributed by atoms with Gasteiger partial charge in [-0.3, -0.25) is 9.59 Å². The molecule has 7 rings (SSSR count). The Hall–Kier alpha value is -5.75. The van der Waals surface area contributed by atoms with Crippen LogP contribution in [0.25, 0.3) is 21.5 Å². The van der Waals surface area contributed by atoms with Crippen LogP contribution in [0.2, 0.25) is 25.1 Å². The Balaban J connectivity index is 0.00000270. The number of nitrogens with one attached hydrogen (secondary N) is 2. The molecule has 7 aromatic rings. The lowest BCUT2D eigenvalue weighted by molar-refractivity contribution is 0.101. The van der Waals surface area contributed by atoms with Crippen molar-refractivity contribution in [2.45, 2.75) is 13.8 Å². The minimum absolute atomic E-state index is 0.0401. The summed E-state index contributed by atoms with van der Waals surface area (Å²) in [6, 6.07) is 30.9. The molecule has 0 aliphatic heterocycles. The van der Waals surface area contributed by atoms with Crippen molar-refractivity contribution in [3.05, 3.63) is 152 Å². The van der Waals surface area contributed by atoms with Crippen LogP contribution in [-0.4, -0.2) is 22.0 Å². The van der Waals surface area contributed by atoms with Crippen LogP contribution in [0, 0.1) is 0 Å². The van der Waals surface area contributed by atoms with E-state index in [9.17, 15) is 19.8 Å². The number of benzene rings is 7. The van der Waals surface area contributed by atoms with Gasteiger partial charge in [0, 0.05) is 26.5 Å². The van der Waals surface area contributed by atoms with Crippen LogP contribution in [0.15, 0.2) is 136 Å². The molecule has 0 heterocycles. The Morgan fingerprint density at radius 1 is 0.509 bits per heavy atom. The third-order valence-electron chi connectivity index (χ3n) is 8.29. The molecule has 0 aliphatic carbocycles. The highest BCUT2D eigenvalue weighted by molar-refractivity contribution is 6.36. The number of hydrogen-bond donors (Lipinski definition) is 4. The monoisotopic (exact) mass is 856 g/mol. The SMILES string of the molecule is CC.O=C(Nc1ccc(NC(=O)c2cc3ccccc3c(N=Nc3cc(Cl)ccc3Cl)c2O)c(Cl)c1)c1cc2ccccc2c(N=Nc2cc(Cl)ccc2Cl)c1O. The number of phenols is 2. The lowest BCUT2D eigenvalue weighted by atomic mass is 10.0.